The van der Waals surface area contributed by atoms with Crippen molar-refractivity contribution in [1.82, 2.24) is 0 Å². The zero-order chi connectivity index (χ0) is 25.1. The van der Waals surface area contributed by atoms with Crippen LogP contribution in [0.5, 0.6) is 11.5 Å². The third-order valence-corrected chi connectivity index (χ3v) is 9.76. The molecule has 4 rings (SSSR count). The Morgan fingerprint density at radius 3 is 2.00 bits per heavy atom. The topological polar surface area (TPSA) is 52.6 Å². The summed E-state index contributed by atoms with van der Waals surface area (Å²) in [4.78, 5) is 0.548. The van der Waals surface area contributed by atoms with E-state index in [0.717, 1.165) is 22.2 Å². The van der Waals surface area contributed by atoms with Gasteiger partial charge in [0.05, 0.1) is 16.9 Å². The lowest BCUT2D eigenvalue weighted by Gasteiger charge is -2.32. The molecule has 0 bridgehead atoms. The summed E-state index contributed by atoms with van der Waals surface area (Å²) in [7, 11) is -1.87. The molecule has 0 fully saturated rings. The van der Waals surface area contributed by atoms with E-state index in [1.807, 2.05) is 19.1 Å². The molecule has 0 radical (unpaired) electrons. The van der Waals surface area contributed by atoms with Crippen LogP contribution in [0.15, 0.2) is 106 Å². The van der Waals surface area contributed by atoms with Crippen LogP contribution < -0.4 is 9.47 Å². The zero-order valence-electron chi connectivity index (χ0n) is 20.1. The van der Waals surface area contributed by atoms with E-state index in [9.17, 15) is 8.42 Å². The Kier molecular flexibility index (Phi) is 7.71. The van der Waals surface area contributed by atoms with E-state index in [1.54, 1.807) is 55.6 Å². The number of hydrogen-bond acceptors (Lipinski definition) is 4. The van der Waals surface area contributed by atoms with Crippen molar-refractivity contribution in [2.24, 2.45) is 0 Å². The Morgan fingerprint density at radius 1 is 0.914 bits per heavy atom. The van der Waals surface area contributed by atoms with Gasteiger partial charge >= 0.3 is 0 Å². The van der Waals surface area contributed by atoms with Gasteiger partial charge in [0.1, 0.15) is 17.6 Å². The second-order valence-electron chi connectivity index (χ2n) is 8.89. The number of alkyl halides is 1. The summed E-state index contributed by atoms with van der Waals surface area (Å²) < 4.78 is 38.2. The largest absolute Gasteiger partial charge is 0.497 e. The van der Waals surface area contributed by atoms with E-state index in [-0.39, 0.29) is 16.4 Å². The maximum atomic E-state index is 12.9. The molecule has 0 heterocycles. The molecule has 0 aromatic heterocycles. The van der Waals surface area contributed by atoms with Crippen molar-refractivity contribution < 1.29 is 17.9 Å². The third-order valence-electron chi connectivity index (χ3n) is 6.44. The van der Waals surface area contributed by atoms with E-state index >= 15 is 0 Å². The molecule has 182 valence electrons. The maximum Gasteiger partial charge on any atom is 0.206 e. The molecule has 1 aliphatic rings. The number of hydrogen-bond donors (Lipinski definition) is 0. The van der Waals surface area contributed by atoms with E-state index in [4.69, 9.17) is 9.47 Å². The summed E-state index contributed by atoms with van der Waals surface area (Å²) in [5, 5.41) is 0. The molecule has 0 saturated heterocycles. The highest BCUT2D eigenvalue weighted by atomic mass is 127. The van der Waals surface area contributed by atoms with Crippen LogP contribution in [0.2, 0.25) is 0 Å². The average molecular weight is 601 g/mol. The first kappa shape index (κ1) is 25.5. The third kappa shape index (κ3) is 5.48. The highest BCUT2D eigenvalue weighted by Gasteiger charge is 2.30. The molecule has 3 aromatic rings. The van der Waals surface area contributed by atoms with E-state index in [0.29, 0.717) is 10.6 Å². The summed E-state index contributed by atoms with van der Waals surface area (Å²) in [6.07, 6.45) is 7.11. The van der Waals surface area contributed by atoms with Crippen molar-refractivity contribution in [3.05, 3.63) is 108 Å². The van der Waals surface area contributed by atoms with Gasteiger partial charge in [0.2, 0.25) is 9.84 Å². The van der Waals surface area contributed by atoms with Gasteiger partial charge in [-0.3, -0.25) is 0 Å². The Labute approximate surface area is 221 Å². The Morgan fingerprint density at radius 2 is 1.49 bits per heavy atom. The van der Waals surface area contributed by atoms with E-state index < -0.39 is 9.84 Å². The molecular weight excluding hydrogens is 571 g/mol. The molecule has 0 saturated carbocycles. The van der Waals surface area contributed by atoms with Gasteiger partial charge < -0.3 is 9.47 Å². The van der Waals surface area contributed by atoms with Crippen molar-refractivity contribution in [1.29, 1.82) is 0 Å². The number of ether oxygens (including phenoxy) is 2. The summed E-state index contributed by atoms with van der Waals surface area (Å²) in [5.41, 5.74) is 3.42. The highest BCUT2D eigenvalue weighted by molar-refractivity contribution is 14.1. The van der Waals surface area contributed by atoms with Crippen LogP contribution in [0.3, 0.4) is 0 Å². The lowest BCUT2D eigenvalue weighted by atomic mass is 9.75. The van der Waals surface area contributed by atoms with Crippen molar-refractivity contribution >= 4 is 32.4 Å². The summed E-state index contributed by atoms with van der Waals surface area (Å²) >= 11 is 2.44. The predicted molar refractivity (Wildman–Crippen MR) is 149 cm³/mol. The number of sulfone groups is 1. The van der Waals surface area contributed by atoms with Gasteiger partial charge in [-0.15, -0.1) is 0 Å². The minimum absolute atomic E-state index is 0.104. The van der Waals surface area contributed by atoms with Crippen LogP contribution in [-0.2, 0) is 15.3 Å². The number of halogens is 1. The van der Waals surface area contributed by atoms with Crippen LogP contribution in [0.4, 0.5) is 0 Å². The smallest absolute Gasteiger partial charge is 0.206 e. The number of methoxy groups -OCH3 is 1. The van der Waals surface area contributed by atoms with Gasteiger partial charge in [-0.05, 0) is 72.7 Å². The quantitative estimate of drug-likeness (QED) is 0.209. The van der Waals surface area contributed by atoms with Gasteiger partial charge in [0.15, 0.2) is 0 Å². The first-order chi connectivity index (χ1) is 16.8. The van der Waals surface area contributed by atoms with Crippen molar-refractivity contribution in [2.75, 3.05) is 11.5 Å². The lowest BCUT2D eigenvalue weighted by molar-refractivity contribution is 0.250. The van der Waals surface area contributed by atoms with Crippen LogP contribution in [0.1, 0.15) is 24.5 Å². The fourth-order valence-electron chi connectivity index (χ4n) is 4.10. The van der Waals surface area contributed by atoms with Gasteiger partial charge in [-0.1, -0.05) is 71.5 Å². The van der Waals surface area contributed by atoms with E-state index in [2.05, 4.69) is 59.9 Å². The summed E-state index contributed by atoms with van der Waals surface area (Å²) in [6, 6.07) is 21.8. The monoisotopic (exact) mass is 600 g/mol. The number of allylic oxidation sites excluding steroid dienone is 2. The maximum absolute atomic E-state index is 12.9. The van der Waals surface area contributed by atoms with Gasteiger partial charge in [-0.25, -0.2) is 8.42 Å². The molecule has 2 atom stereocenters. The predicted octanol–water partition coefficient (Wildman–Crippen LogP) is 6.86. The van der Waals surface area contributed by atoms with Crippen LogP contribution >= 0.6 is 22.6 Å². The van der Waals surface area contributed by atoms with Crippen LogP contribution in [0.25, 0.3) is 0 Å². The molecule has 6 heteroatoms. The van der Waals surface area contributed by atoms with Crippen LogP contribution in [-0.4, -0.2) is 26.1 Å². The SMILES string of the molecule is COc1ccc(C(C)(CI)C2=CCC(Oc3ccc(S(=O)(=O)c4ccc(C)cc4)cc3)C=C2)cc1. The van der Waals surface area contributed by atoms with Crippen molar-refractivity contribution in [3.63, 3.8) is 0 Å². The molecule has 0 aliphatic heterocycles. The van der Waals surface area contributed by atoms with Crippen LogP contribution in [0, 0.1) is 6.92 Å². The molecule has 0 spiro atoms. The van der Waals surface area contributed by atoms with Gasteiger partial charge in [0, 0.05) is 16.3 Å². The van der Waals surface area contributed by atoms with Gasteiger partial charge in [-0.2, -0.15) is 0 Å². The fraction of sp³-hybridized carbons (Fsp3) is 0.241. The molecule has 3 aromatic carbocycles. The molecule has 35 heavy (non-hydrogen) atoms. The van der Waals surface area contributed by atoms with Crippen molar-refractivity contribution in [3.8, 4) is 11.5 Å². The standard InChI is InChI=1S/C29H29IO4S/c1-21-4-16-27(17-5-21)35(31,32)28-18-14-26(15-19-28)34-25-12-8-23(9-13-25)29(2,20-30)22-6-10-24(33-3)11-7-22/h4-12,14-19,25H,13,20H2,1-3H3. The molecule has 0 N–H and O–H groups in total. The first-order valence-electron chi connectivity index (χ1n) is 11.4. The average Bonchev–Trinajstić information content (AvgIpc) is 2.89. The van der Waals surface area contributed by atoms with E-state index in [1.165, 1.54) is 11.1 Å². The molecule has 4 nitrogen and oxygen atoms in total. The normalized spacial score (nSPS) is 17.4. The van der Waals surface area contributed by atoms with Gasteiger partial charge in [0.25, 0.3) is 0 Å². The Balaban J connectivity index is 1.44. The molecule has 1 aliphatic carbocycles. The minimum atomic E-state index is -3.55. The first-order valence-corrected chi connectivity index (χ1v) is 14.4. The molecular formula is C29H29IO4S. The number of rotatable bonds is 8. The molecule has 2 unspecified atom stereocenters. The molecule has 0 amide bonds. The zero-order valence-corrected chi connectivity index (χ0v) is 23.0. The second-order valence-corrected chi connectivity index (χ2v) is 11.6. The Bertz CT molecular complexity index is 1320. The number of aryl methyl sites for hydroxylation is 1. The summed E-state index contributed by atoms with van der Waals surface area (Å²) in [6.45, 7) is 4.19. The lowest BCUT2D eigenvalue weighted by Crippen LogP contribution is -2.28. The highest BCUT2D eigenvalue weighted by Crippen LogP contribution is 2.38. The Hall–Kier alpha value is -2.58. The number of benzene rings is 3. The summed E-state index contributed by atoms with van der Waals surface area (Å²) in [5.74, 6) is 1.50. The van der Waals surface area contributed by atoms with Crippen molar-refractivity contribution in [2.45, 2.75) is 41.6 Å². The minimum Gasteiger partial charge on any atom is -0.497 e. The fourth-order valence-corrected chi connectivity index (χ4v) is 6.24. The second kappa shape index (κ2) is 10.6.